The molecular weight excluding hydrogens is 172 g/mol. The van der Waals surface area contributed by atoms with Gasteiger partial charge in [-0.15, -0.1) is 0 Å². The maximum Gasteiger partial charge on any atom is 0.306 e. The summed E-state index contributed by atoms with van der Waals surface area (Å²) < 4.78 is 9.53. The molecule has 0 amide bonds. The monoisotopic (exact) mass is 188 g/mol. The number of rotatable bonds is 5. The van der Waals surface area contributed by atoms with Crippen LogP contribution in [0.4, 0.5) is 0 Å². The molecule has 76 valence electrons. The zero-order chi connectivity index (χ0) is 10.3. The molecule has 0 aliphatic carbocycles. The Kier molecular flexibility index (Phi) is 5.93. The van der Waals surface area contributed by atoms with Crippen LogP contribution >= 0.6 is 0 Å². The molecule has 0 heterocycles. The van der Waals surface area contributed by atoms with Crippen LogP contribution < -0.4 is 0 Å². The van der Waals surface area contributed by atoms with Crippen molar-refractivity contribution in [2.75, 3.05) is 6.61 Å². The van der Waals surface area contributed by atoms with Crippen molar-refractivity contribution in [2.45, 2.75) is 39.7 Å². The van der Waals surface area contributed by atoms with Gasteiger partial charge in [0.2, 0.25) is 0 Å². The van der Waals surface area contributed by atoms with Gasteiger partial charge >= 0.3 is 11.9 Å². The summed E-state index contributed by atoms with van der Waals surface area (Å²) in [6.07, 6.45) is 0.734. The van der Waals surface area contributed by atoms with Gasteiger partial charge < -0.3 is 9.47 Å². The first-order valence-electron chi connectivity index (χ1n) is 4.35. The Balaban J connectivity index is 3.32. The topological polar surface area (TPSA) is 52.6 Å². The first-order chi connectivity index (χ1) is 6.02. The van der Waals surface area contributed by atoms with E-state index in [4.69, 9.17) is 4.74 Å². The molecule has 0 fully saturated rings. The Morgan fingerprint density at radius 3 is 2.38 bits per heavy atom. The van der Waals surface area contributed by atoms with Crippen molar-refractivity contribution in [1.29, 1.82) is 0 Å². The van der Waals surface area contributed by atoms with E-state index >= 15 is 0 Å². The summed E-state index contributed by atoms with van der Waals surface area (Å²) in [4.78, 5) is 21.3. The zero-order valence-electron chi connectivity index (χ0n) is 8.33. The first kappa shape index (κ1) is 11.9. The summed E-state index contributed by atoms with van der Waals surface area (Å²) in [5.74, 6) is -0.570. The molecule has 0 atom stereocenters. The molecule has 0 aliphatic heterocycles. The van der Waals surface area contributed by atoms with E-state index < -0.39 is 0 Å². The van der Waals surface area contributed by atoms with Gasteiger partial charge in [-0.1, -0.05) is 0 Å². The first-order valence-corrected chi connectivity index (χ1v) is 4.35. The van der Waals surface area contributed by atoms with Crippen molar-refractivity contribution in [1.82, 2.24) is 0 Å². The SMILES string of the molecule is CC(=O)OCCCC(=O)OC(C)C. The molecule has 0 saturated heterocycles. The second-order valence-corrected chi connectivity index (χ2v) is 2.98. The average molecular weight is 188 g/mol. The molecule has 0 spiro atoms. The molecule has 4 nitrogen and oxygen atoms in total. The molecule has 0 saturated carbocycles. The van der Waals surface area contributed by atoms with Crippen molar-refractivity contribution >= 4 is 11.9 Å². The summed E-state index contributed by atoms with van der Waals surface area (Å²) >= 11 is 0. The molecule has 0 unspecified atom stereocenters. The third kappa shape index (κ3) is 8.85. The lowest BCUT2D eigenvalue weighted by atomic mass is 10.3. The van der Waals surface area contributed by atoms with Gasteiger partial charge in [0.15, 0.2) is 0 Å². The van der Waals surface area contributed by atoms with E-state index in [1.807, 2.05) is 0 Å². The lowest BCUT2D eigenvalue weighted by molar-refractivity contribution is -0.149. The Bertz CT molecular complexity index is 174. The van der Waals surface area contributed by atoms with Crippen LogP contribution in [0.25, 0.3) is 0 Å². The quantitative estimate of drug-likeness (QED) is 0.481. The summed E-state index contributed by atoms with van der Waals surface area (Å²) in [5, 5.41) is 0. The lowest BCUT2D eigenvalue weighted by Crippen LogP contribution is -2.12. The number of hydrogen-bond acceptors (Lipinski definition) is 4. The molecule has 0 aromatic carbocycles. The fourth-order valence-electron chi connectivity index (χ4n) is 0.754. The second-order valence-electron chi connectivity index (χ2n) is 2.98. The molecule has 0 rings (SSSR count). The fourth-order valence-corrected chi connectivity index (χ4v) is 0.754. The van der Waals surface area contributed by atoms with E-state index in [-0.39, 0.29) is 24.6 Å². The van der Waals surface area contributed by atoms with Gasteiger partial charge in [-0.25, -0.2) is 0 Å². The molecule has 0 radical (unpaired) electrons. The van der Waals surface area contributed by atoms with E-state index in [9.17, 15) is 9.59 Å². The average Bonchev–Trinajstić information content (AvgIpc) is 1.96. The maximum absolute atomic E-state index is 10.9. The summed E-state index contributed by atoms with van der Waals surface area (Å²) in [7, 11) is 0. The molecule has 0 aromatic heterocycles. The van der Waals surface area contributed by atoms with Crippen molar-refractivity contribution in [2.24, 2.45) is 0 Å². The third-order valence-electron chi connectivity index (χ3n) is 1.20. The molecule has 13 heavy (non-hydrogen) atoms. The number of hydrogen-bond donors (Lipinski definition) is 0. The number of carbonyl (C=O) groups excluding carboxylic acids is 2. The van der Waals surface area contributed by atoms with E-state index in [1.54, 1.807) is 13.8 Å². The van der Waals surface area contributed by atoms with Crippen LogP contribution in [0.15, 0.2) is 0 Å². The van der Waals surface area contributed by atoms with Crippen LogP contribution in [0.3, 0.4) is 0 Å². The predicted molar refractivity (Wildman–Crippen MR) is 47.1 cm³/mol. The highest BCUT2D eigenvalue weighted by atomic mass is 16.5. The van der Waals surface area contributed by atoms with E-state index in [0.29, 0.717) is 12.8 Å². The van der Waals surface area contributed by atoms with Gasteiger partial charge in [-0.05, 0) is 20.3 Å². The predicted octanol–water partition coefficient (Wildman–Crippen LogP) is 1.28. The van der Waals surface area contributed by atoms with E-state index in [1.165, 1.54) is 6.92 Å². The number of ether oxygens (including phenoxy) is 2. The van der Waals surface area contributed by atoms with Crippen molar-refractivity contribution in [3.8, 4) is 0 Å². The molecule has 0 aromatic rings. The Labute approximate surface area is 78.2 Å². The minimum atomic E-state index is -0.322. The van der Waals surface area contributed by atoms with Gasteiger partial charge in [-0.3, -0.25) is 9.59 Å². The molecule has 0 N–H and O–H groups in total. The third-order valence-corrected chi connectivity index (χ3v) is 1.20. The van der Waals surface area contributed by atoms with Crippen LogP contribution in [-0.2, 0) is 19.1 Å². The normalized spacial score (nSPS) is 9.85. The fraction of sp³-hybridized carbons (Fsp3) is 0.778. The van der Waals surface area contributed by atoms with E-state index in [2.05, 4.69) is 4.74 Å². The highest BCUT2D eigenvalue weighted by Gasteiger charge is 2.04. The minimum Gasteiger partial charge on any atom is -0.466 e. The number of esters is 2. The van der Waals surface area contributed by atoms with E-state index in [0.717, 1.165) is 0 Å². The number of carbonyl (C=O) groups is 2. The van der Waals surface area contributed by atoms with Crippen LogP contribution in [-0.4, -0.2) is 24.6 Å². The molecule has 4 heteroatoms. The van der Waals surface area contributed by atoms with Crippen LogP contribution in [0.2, 0.25) is 0 Å². The highest BCUT2D eigenvalue weighted by Crippen LogP contribution is 1.97. The molecular formula is C9H16O4. The van der Waals surface area contributed by atoms with Crippen LogP contribution in [0.5, 0.6) is 0 Å². The summed E-state index contributed by atoms with van der Waals surface area (Å²) in [5.41, 5.74) is 0. The lowest BCUT2D eigenvalue weighted by Gasteiger charge is -2.07. The van der Waals surface area contributed by atoms with Crippen molar-refractivity contribution in [3.63, 3.8) is 0 Å². The largest absolute Gasteiger partial charge is 0.466 e. The minimum absolute atomic E-state index is 0.0822. The Morgan fingerprint density at radius 1 is 1.31 bits per heavy atom. The van der Waals surface area contributed by atoms with Gasteiger partial charge in [0, 0.05) is 13.3 Å². The zero-order valence-corrected chi connectivity index (χ0v) is 8.33. The van der Waals surface area contributed by atoms with Crippen LogP contribution in [0, 0.1) is 0 Å². The molecule has 0 aliphatic rings. The van der Waals surface area contributed by atoms with Gasteiger partial charge in [0.25, 0.3) is 0 Å². The Morgan fingerprint density at radius 2 is 1.92 bits per heavy atom. The van der Waals surface area contributed by atoms with Gasteiger partial charge in [0.05, 0.1) is 12.7 Å². The second kappa shape index (κ2) is 6.46. The summed E-state index contributed by atoms with van der Waals surface area (Å²) in [6, 6.07) is 0. The Hall–Kier alpha value is -1.06. The van der Waals surface area contributed by atoms with Crippen molar-refractivity contribution in [3.05, 3.63) is 0 Å². The standard InChI is InChI=1S/C9H16O4/c1-7(2)13-9(11)5-4-6-12-8(3)10/h7H,4-6H2,1-3H3. The van der Waals surface area contributed by atoms with Gasteiger partial charge in [-0.2, -0.15) is 0 Å². The van der Waals surface area contributed by atoms with Gasteiger partial charge in [0.1, 0.15) is 0 Å². The summed E-state index contributed by atoms with van der Waals surface area (Å²) in [6.45, 7) is 5.21. The van der Waals surface area contributed by atoms with Crippen LogP contribution in [0.1, 0.15) is 33.6 Å². The smallest absolute Gasteiger partial charge is 0.306 e. The maximum atomic E-state index is 10.9. The molecule has 0 bridgehead atoms. The van der Waals surface area contributed by atoms with Crippen molar-refractivity contribution < 1.29 is 19.1 Å². The highest BCUT2D eigenvalue weighted by molar-refractivity contribution is 5.69.